The van der Waals surface area contributed by atoms with E-state index in [9.17, 15) is 4.79 Å². The molecule has 0 aromatic carbocycles. The van der Waals surface area contributed by atoms with Gasteiger partial charge in [-0.05, 0) is 0 Å². The SMILES string of the molecule is CCC[CH2][Sn]([CH2]CCC)([CH2]CCC)[C@@H](C[C@H]1COC(C)(C)O1)OC(=O)N1C(C)(C)COC1(C)C. The summed E-state index contributed by atoms with van der Waals surface area (Å²) in [6, 6.07) is 0. The van der Waals surface area contributed by atoms with Gasteiger partial charge in [0.25, 0.3) is 0 Å². The molecule has 2 atom stereocenters. The minimum atomic E-state index is -2.93. The Morgan fingerprint density at radius 1 is 0.941 bits per heavy atom. The van der Waals surface area contributed by atoms with Gasteiger partial charge < -0.3 is 0 Å². The summed E-state index contributed by atoms with van der Waals surface area (Å²) in [5.74, 6) is -0.569. The summed E-state index contributed by atoms with van der Waals surface area (Å²) in [6.07, 6.45) is 7.77. The van der Waals surface area contributed by atoms with Crippen LogP contribution in [0.2, 0.25) is 13.3 Å². The fraction of sp³-hybridized carbons (Fsp3) is 0.963. The summed E-state index contributed by atoms with van der Waals surface area (Å²) in [6.45, 7) is 19.9. The van der Waals surface area contributed by atoms with Gasteiger partial charge in [0.05, 0.1) is 0 Å². The van der Waals surface area contributed by atoms with Crippen molar-refractivity contribution in [3.8, 4) is 0 Å². The summed E-state index contributed by atoms with van der Waals surface area (Å²) in [4.78, 5) is 15.7. The summed E-state index contributed by atoms with van der Waals surface area (Å²) in [5, 5.41) is 0. The van der Waals surface area contributed by atoms with E-state index >= 15 is 0 Å². The third kappa shape index (κ3) is 7.72. The Hall–Kier alpha value is -0.0513. The van der Waals surface area contributed by atoms with Gasteiger partial charge in [-0.2, -0.15) is 0 Å². The summed E-state index contributed by atoms with van der Waals surface area (Å²) >= 11 is -2.93. The molecule has 34 heavy (non-hydrogen) atoms. The average molecular weight is 590 g/mol. The second-order valence-corrected chi connectivity index (χ2v) is 26.0. The van der Waals surface area contributed by atoms with Gasteiger partial charge in [0, 0.05) is 0 Å². The van der Waals surface area contributed by atoms with Gasteiger partial charge in [-0.25, -0.2) is 0 Å². The van der Waals surface area contributed by atoms with Crippen LogP contribution in [0.4, 0.5) is 4.79 Å². The molecular weight excluding hydrogens is 537 g/mol. The molecular formula is C27H53NO5Sn. The Morgan fingerprint density at radius 2 is 1.47 bits per heavy atom. The van der Waals surface area contributed by atoms with Crippen molar-refractivity contribution in [2.75, 3.05) is 13.2 Å². The van der Waals surface area contributed by atoms with E-state index in [1.165, 1.54) is 51.8 Å². The van der Waals surface area contributed by atoms with Crippen LogP contribution in [0.25, 0.3) is 0 Å². The monoisotopic (exact) mass is 591 g/mol. The number of carbonyl (C=O) groups is 1. The second-order valence-electron chi connectivity index (χ2n) is 12.1. The molecule has 6 nitrogen and oxygen atoms in total. The van der Waals surface area contributed by atoms with E-state index in [1.54, 1.807) is 0 Å². The molecule has 2 saturated heterocycles. The van der Waals surface area contributed by atoms with Crippen LogP contribution in [-0.4, -0.2) is 69.9 Å². The first-order valence-electron chi connectivity index (χ1n) is 13.8. The molecule has 2 rings (SSSR count). The standard InChI is InChI=1S/C15H26NO5.3C4H9.Sn/c1-13(2)10-20-14(3,4)16(13)12(17)18-8-7-11-9-19-15(5,6)21-11;3*1-3-4-2;/h8,11H,7,9-10H2,1-6H3;3*1,3-4H2,2H3;/t11-;;;;/m0..../s1. The third-order valence-corrected chi connectivity index (χ3v) is 24.1. The first-order chi connectivity index (χ1) is 15.8. The molecule has 0 bridgehead atoms. The van der Waals surface area contributed by atoms with E-state index in [4.69, 9.17) is 18.9 Å². The molecule has 0 saturated carbocycles. The molecule has 0 aromatic heterocycles. The summed E-state index contributed by atoms with van der Waals surface area (Å²) in [5.41, 5.74) is -1.07. The molecule has 0 unspecified atom stereocenters. The predicted molar refractivity (Wildman–Crippen MR) is 141 cm³/mol. The quantitative estimate of drug-likeness (QED) is 0.211. The molecule has 0 spiro atoms. The van der Waals surface area contributed by atoms with E-state index in [1.807, 2.05) is 32.6 Å². The fourth-order valence-electron chi connectivity index (χ4n) is 5.84. The normalized spacial score (nSPS) is 24.4. The van der Waals surface area contributed by atoms with Crippen molar-refractivity contribution in [1.29, 1.82) is 0 Å². The average Bonchev–Trinajstić information content (AvgIpc) is 3.20. The zero-order chi connectivity index (χ0) is 25.6. The zero-order valence-corrected chi connectivity index (χ0v) is 26.5. The molecule has 200 valence electrons. The van der Waals surface area contributed by atoms with Crippen molar-refractivity contribution in [3.63, 3.8) is 0 Å². The Labute approximate surface area is 213 Å². The van der Waals surface area contributed by atoms with E-state index in [-0.39, 0.29) is 16.3 Å². The van der Waals surface area contributed by atoms with Gasteiger partial charge in [-0.15, -0.1) is 0 Å². The molecule has 0 N–H and O–H groups in total. The van der Waals surface area contributed by atoms with Gasteiger partial charge >= 0.3 is 214 Å². The molecule has 2 aliphatic rings. The van der Waals surface area contributed by atoms with Crippen LogP contribution < -0.4 is 0 Å². The third-order valence-electron chi connectivity index (χ3n) is 7.66. The number of carbonyl (C=O) groups excluding carboxylic acids is 1. The summed E-state index contributed by atoms with van der Waals surface area (Å²) < 4.78 is 28.7. The number of ether oxygens (including phenoxy) is 4. The van der Waals surface area contributed by atoms with Crippen LogP contribution in [0.5, 0.6) is 0 Å². The molecule has 0 radical (unpaired) electrons. The Morgan fingerprint density at radius 3 is 1.85 bits per heavy atom. The number of hydrogen-bond donors (Lipinski definition) is 0. The summed E-state index contributed by atoms with van der Waals surface area (Å²) in [7, 11) is 0. The van der Waals surface area contributed by atoms with Gasteiger partial charge in [0.1, 0.15) is 0 Å². The van der Waals surface area contributed by atoms with E-state index < -0.39 is 35.4 Å². The number of hydrogen-bond acceptors (Lipinski definition) is 5. The van der Waals surface area contributed by atoms with Crippen LogP contribution in [-0.2, 0) is 18.9 Å². The molecule has 2 fully saturated rings. The van der Waals surface area contributed by atoms with E-state index in [2.05, 4.69) is 34.6 Å². The predicted octanol–water partition coefficient (Wildman–Crippen LogP) is 7.27. The molecule has 1 amide bonds. The van der Waals surface area contributed by atoms with Gasteiger partial charge in [-0.3, -0.25) is 0 Å². The van der Waals surface area contributed by atoms with Crippen LogP contribution >= 0.6 is 0 Å². The van der Waals surface area contributed by atoms with Crippen molar-refractivity contribution in [1.82, 2.24) is 4.90 Å². The number of rotatable bonds is 13. The number of amides is 1. The van der Waals surface area contributed by atoms with Gasteiger partial charge in [-0.1, -0.05) is 0 Å². The van der Waals surface area contributed by atoms with Crippen LogP contribution in [0.15, 0.2) is 0 Å². The first-order valence-corrected chi connectivity index (χ1v) is 21.5. The molecule has 7 heteroatoms. The van der Waals surface area contributed by atoms with Crippen molar-refractivity contribution in [2.24, 2.45) is 0 Å². The first kappa shape index (κ1) is 30.2. The van der Waals surface area contributed by atoms with Gasteiger partial charge in [0.2, 0.25) is 0 Å². The molecule has 2 heterocycles. The van der Waals surface area contributed by atoms with Crippen LogP contribution in [0.1, 0.15) is 107 Å². The van der Waals surface area contributed by atoms with Gasteiger partial charge in [0.15, 0.2) is 0 Å². The van der Waals surface area contributed by atoms with Crippen molar-refractivity contribution in [3.05, 3.63) is 0 Å². The Bertz CT molecular complexity index is 613. The van der Waals surface area contributed by atoms with Crippen molar-refractivity contribution in [2.45, 2.75) is 148 Å². The van der Waals surface area contributed by atoms with Crippen molar-refractivity contribution < 1.29 is 23.7 Å². The molecule has 2 aliphatic heterocycles. The number of unbranched alkanes of at least 4 members (excludes halogenated alkanes) is 3. The number of nitrogens with zero attached hydrogens (tertiary/aromatic N) is 1. The fourth-order valence-corrected chi connectivity index (χ4v) is 23.0. The zero-order valence-electron chi connectivity index (χ0n) is 23.6. The van der Waals surface area contributed by atoms with Crippen LogP contribution in [0.3, 0.4) is 0 Å². The maximum atomic E-state index is 13.8. The maximum absolute atomic E-state index is 13.8. The van der Waals surface area contributed by atoms with Crippen LogP contribution in [0, 0.1) is 0 Å². The Balaban J connectivity index is 2.40. The molecule has 0 aromatic rings. The minimum absolute atomic E-state index is 0.0128. The topological polar surface area (TPSA) is 57.2 Å². The van der Waals surface area contributed by atoms with E-state index in [0.29, 0.717) is 13.2 Å². The Kier molecular flexibility index (Phi) is 11.1. The van der Waals surface area contributed by atoms with Crippen molar-refractivity contribution >= 4 is 24.5 Å². The van der Waals surface area contributed by atoms with E-state index in [0.717, 1.165) is 6.42 Å². The second kappa shape index (κ2) is 12.5. The molecule has 0 aliphatic carbocycles.